The molecule has 3 aromatic rings. The Morgan fingerprint density at radius 3 is 2.62 bits per heavy atom. The van der Waals surface area contributed by atoms with Gasteiger partial charge in [0.25, 0.3) is 0 Å². The van der Waals surface area contributed by atoms with Crippen LogP contribution in [0.4, 0.5) is 5.82 Å². The molecular formula is C19H19N3O2. The minimum Gasteiger partial charge on any atom is -0.497 e. The Morgan fingerprint density at radius 1 is 1.08 bits per heavy atom. The molecule has 0 saturated carbocycles. The zero-order valence-corrected chi connectivity index (χ0v) is 14.0. The number of nitrogens with zero attached hydrogens (tertiary/aromatic N) is 2. The number of hydrogen-bond acceptors (Lipinski definition) is 4. The van der Waals surface area contributed by atoms with Crippen molar-refractivity contribution in [2.24, 2.45) is 0 Å². The molecule has 5 nitrogen and oxygen atoms in total. The molecule has 0 fully saturated rings. The number of fused-ring (bicyclic) bond motifs is 2. The van der Waals surface area contributed by atoms with Gasteiger partial charge in [0, 0.05) is 25.7 Å². The van der Waals surface area contributed by atoms with E-state index in [4.69, 9.17) is 14.5 Å². The van der Waals surface area contributed by atoms with Crippen molar-refractivity contribution in [3.8, 4) is 11.5 Å². The van der Waals surface area contributed by atoms with Gasteiger partial charge in [-0.25, -0.2) is 4.98 Å². The Bertz CT molecular complexity index is 957. The fourth-order valence-electron chi connectivity index (χ4n) is 3.21. The van der Waals surface area contributed by atoms with Crippen LogP contribution >= 0.6 is 0 Å². The second kappa shape index (κ2) is 5.60. The normalized spacial score (nSPS) is 12.9. The summed E-state index contributed by atoms with van der Waals surface area (Å²) in [7, 11) is 5.27. The maximum Gasteiger partial charge on any atom is 0.142 e. The summed E-state index contributed by atoms with van der Waals surface area (Å²) in [6, 6.07) is 10.1. The summed E-state index contributed by atoms with van der Waals surface area (Å²) < 4.78 is 12.7. The number of pyridine rings is 1. The molecule has 1 aliphatic rings. The fraction of sp³-hybridized carbons (Fsp3) is 0.211. The summed E-state index contributed by atoms with van der Waals surface area (Å²) in [5.41, 5.74) is 5.53. The van der Waals surface area contributed by atoms with E-state index in [1.807, 2.05) is 35.8 Å². The highest BCUT2D eigenvalue weighted by Gasteiger charge is 2.21. The minimum absolute atomic E-state index is 0.801. The number of rotatable bonds is 4. The minimum atomic E-state index is 0.801. The molecule has 0 atom stereocenters. The summed E-state index contributed by atoms with van der Waals surface area (Å²) in [5.74, 6) is 2.66. The van der Waals surface area contributed by atoms with E-state index < -0.39 is 0 Å². The lowest BCUT2D eigenvalue weighted by atomic mass is 10.1. The van der Waals surface area contributed by atoms with Crippen LogP contribution in [0, 0.1) is 0 Å². The molecule has 0 unspecified atom stereocenters. The molecule has 1 N–H and O–H groups in total. The Labute approximate surface area is 140 Å². The smallest absolute Gasteiger partial charge is 0.142 e. The summed E-state index contributed by atoms with van der Waals surface area (Å²) in [4.78, 5) is 4.82. The van der Waals surface area contributed by atoms with Crippen LogP contribution in [0.2, 0.25) is 0 Å². The standard InChI is InChI=1S/C19H19N3O2/c1-20-19-18(21-17-11-16(24-3)6-7-22(17)19)14-8-12-4-5-15(23-2)10-13(12)9-14/h4-7,9-11,20H,8H2,1-3H3. The Balaban J connectivity index is 1.82. The third kappa shape index (κ3) is 2.21. The average molecular weight is 321 g/mol. The van der Waals surface area contributed by atoms with Crippen molar-refractivity contribution < 1.29 is 9.47 Å². The first-order chi connectivity index (χ1) is 11.7. The molecule has 4 rings (SSSR count). The van der Waals surface area contributed by atoms with Gasteiger partial charge in [0.15, 0.2) is 0 Å². The van der Waals surface area contributed by atoms with Gasteiger partial charge in [0.2, 0.25) is 0 Å². The lowest BCUT2D eigenvalue weighted by Crippen LogP contribution is -1.97. The molecule has 0 saturated heterocycles. The van der Waals surface area contributed by atoms with Crippen molar-refractivity contribution in [3.63, 3.8) is 0 Å². The van der Waals surface area contributed by atoms with Crippen LogP contribution in [0.15, 0.2) is 36.5 Å². The third-order valence-corrected chi connectivity index (χ3v) is 4.44. The number of hydrogen-bond donors (Lipinski definition) is 1. The number of nitrogens with one attached hydrogen (secondary N) is 1. The summed E-state index contributed by atoms with van der Waals surface area (Å²) >= 11 is 0. The van der Waals surface area contributed by atoms with E-state index in [1.54, 1.807) is 14.2 Å². The van der Waals surface area contributed by atoms with Gasteiger partial charge >= 0.3 is 0 Å². The van der Waals surface area contributed by atoms with E-state index in [-0.39, 0.29) is 0 Å². The summed E-state index contributed by atoms with van der Waals surface area (Å²) in [5, 5.41) is 3.28. The Kier molecular flexibility index (Phi) is 3.41. The fourth-order valence-corrected chi connectivity index (χ4v) is 3.21. The molecule has 0 spiro atoms. The molecule has 1 aliphatic carbocycles. The predicted octanol–water partition coefficient (Wildman–Crippen LogP) is 3.49. The highest BCUT2D eigenvalue weighted by molar-refractivity contribution is 5.91. The number of anilines is 1. The van der Waals surface area contributed by atoms with E-state index in [2.05, 4.69) is 23.5 Å². The van der Waals surface area contributed by atoms with Crippen molar-refractivity contribution in [1.29, 1.82) is 0 Å². The van der Waals surface area contributed by atoms with Gasteiger partial charge in [-0.2, -0.15) is 0 Å². The first-order valence-corrected chi connectivity index (χ1v) is 7.85. The molecule has 0 amide bonds. The molecule has 2 heterocycles. The molecule has 0 aliphatic heterocycles. The Morgan fingerprint density at radius 2 is 1.88 bits per heavy atom. The van der Waals surface area contributed by atoms with Crippen LogP contribution in [-0.4, -0.2) is 30.7 Å². The van der Waals surface area contributed by atoms with E-state index in [0.29, 0.717) is 0 Å². The molecule has 1 aromatic carbocycles. The van der Waals surface area contributed by atoms with Crippen LogP contribution in [0.3, 0.4) is 0 Å². The van der Waals surface area contributed by atoms with E-state index in [0.717, 1.165) is 35.1 Å². The number of methoxy groups -OCH3 is 2. The lowest BCUT2D eigenvalue weighted by Gasteiger charge is -2.05. The molecule has 0 radical (unpaired) electrons. The maximum absolute atomic E-state index is 5.32. The van der Waals surface area contributed by atoms with Crippen LogP contribution in [0.5, 0.6) is 11.5 Å². The topological polar surface area (TPSA) is 47.8 Å². The molecule has 2 aromatic heterocycles. The monoisotopic (exact) mass is 321 g/mol. The number of benzene rings is 1. The van der Waals surface area contributed by atoms with Gasteiger partial charge in [-0.05, 0) is 41.0 Å². The highest BCUT2D eigenvalue weighted by atomic mass is 16.5. The number of aromatic nitrogens is 2. The van der Waals surface area contributed by atoms with Gasteiger partial charge in [-0.1, -0.05) is 6.07 Å². The lowest BCUT2D eigenvalue weighted by molar-refractivity contribution is 0.414. The van der Waals surface area contributed by atoms with Crippen LogP contribution in [0.1, 0.15) is 16.8 Å². The van der Waals surface area contributed by atoms with E-state index in [9.17, 15) is 0 Å². The number of ether oxygens (including phenoxy) is 2. The zero-order valence-electron chi connectivity index (χ0n) is 14.0. The van der Waals surface area contributed by atoms with E-state index >= 15 is 0 Å². The number of allylic oxidation sites excluding steroid dienone is 1. The molecule has 122 valence electrons. The second-order valence-electron chi connectivity index (χ2n) is 5.76. The van der Waals surface area contributed by atoms with Crippen LogP contribution in [0.25, 0.3) is 17.3 Å². The van der Waals surface area contributed by atoms with Gasteiger partial charge < -0.3 is 14.8 Å². The average Bonchev–Trinajstić information content (AvgIpc) is 3.20. The predicted molar refractivity (Wildman–Crippen MR) is 95.9 cm³/mol. The third-order valence-electron chi connectivity index (χ3n) is 4.44. The Hall–Kier alpha value is -2.95. The second-order valence-corrected chi connectivity index (χ2v) is 5.76. The van der Waals surface area contributed by atoms with Gasteiger partial charge in [0.05, 0.1) is 14.2 Å². The van der Waals surface area contributed by atoms with Crippen molar-refractivity contribution in [2.45, 2.75) is 6.42 Å². The summed E-state index contributed by atoms with van der Waals surface area (Å²) in [6.07, 6.45) is 5.04. The zero-order chi connectivity index (χ0) is 16.7. The van der Waals surface area contributed by atoms with Gasteiger partial charge in [0.1, 0.15) is 28.7 Å². The largest absolute Gasteiger partial charge is 0.497 e. The molecular weight excluding hydrogens is 302 g/mol. The van der Waals surface area contributed by atoms with Crippen LogP contribution < -0.4 is 14.8 Å². The van der Waals surface area contributed by atoms with E-state index in [1.165, 1.54) is 16.7 Å². The highest BCUT2D eigenvalue weighted by Crippen LogP contribution is 2.36. The first kappa shape index (κ1) is 14.6. The van der Waals surface area contributed by atoms with Gasteiger partial charge in [-0.3, -0.25) is 4.40 Å². The molecule has 24 heavy (non-hydrogen) atoms. The SMILES string of the molecule is CNc1c(C2=Cc3cc(OC)ccc3C2)nc2cc(OC)ccn12. The first-order valence-electron chi connectivity index (χ1n) is 7.85. The van der Waals surface area contributed by atoms with Gasteiger partial charge in [-0.15, -0.1) is 0 Å². The quantitative estimate of drug-likeness (QED) is 0.799. The van der Waals surface area contributed by atoms with Crippen molar-refractivity contribution in [3.05, 3.63) is 53.3 Å². The maximum atomic E-state index is 5.32. The summed E-state index contributed by atoms with van der Waals surface area (Å²) in [6.45, 7) is 0. The molecule has 5 heteroatoms. The van der Waals surface area contributed by atoms with Crippen molar-refractivity contribution in [2.75, 3.05) is 26.6 Å². The van der Waals surface area contributed by atoms with Crippen LogP contribution in [-0.2, 0) is 6.42 Å². The van der Waals surface area contributed by atoms with Crippen molar-refractivity contribution >= 4 is 23.1 Å². The number of imidazole rings is 1. The molecule has 0 bridgehead atoms. The van der Waals surface area contributed by atoms with Crippen molar-refractivity contribution in [1.82, 2.24) is 9.38 Å².